The molecule has 0 spiro atoms. The molecule has 0 aromatic heterocycles. The van der Waals surface area contributed by atoms with E-state index in [1.165, 1.54) is 0 Å². The predicted octanol–water partition coefficient (Wildman–Crippen LogP) is 0.602. The van der Waals surface area contributed by atoms with E-state index in [1.54, 1.807) is 0 Å². The van der Waals surface area contributed by atoms with E-state index in [0.29, 0.717) is 6.54 Å². The molecule has 2 unspecified atom stereocenters. The standard InChI is InChI=1S/C12H22N2O3/c1-3-8(2)10(12(16)17)14-11(15)9-5-4-6-13-7-9/h8-10,13H,3-7H2,1-2H3,(H,14,15)(H,16,17)/t8?,9-,10?/m1/s1. The first kappa shape index (κ1) is 14.0. The number of rotatable bonds is 5. The van der Waals surface area contributed by atoms with Gasteiger partial charge in [-0.1, -0.05) is 20.3 Å². The van der Waals surface area contributed by atoms with E-state index in [2.05, 4.69) is 10.6 Å². The van der Waals surface area contributed by atoms with Gasteiger partial charge in [0.15, 0.2) is 0 Å². The number of aliphatic carboxylic acids is 1. The van der Waals surface area contributed by atoms with E-state index in [4.69, 9.17) is 5.11 Å². The Bertz CT molecular complexity index is 275. The van der Waals surface area contributed by atoms with Crippen LogP contribution in [0.15, 0.2) is 0 Å². The second kappa shape index (κ2) is 6.59. The van der Waals surface area contributed by atoms with E-state index in [1.807, 2.05) is 13.8 Å². The molecule has 1 fully saturated rings. The number of amides is 1. The lowest BCUT2D eigenvalue weighted by molar-refractivity contribution is -0.144. The molecule has 1 saturated heterocycles. The first-order valence-corrected chi connectivity index (χ1v) is 6.30. The Morgan fingerprint density at radius 1 is 1.53 bits per heavy atom. The molecule has 1 rings (SSSR count). The quantitative estimate of drug-likeness (QED) is 0.659. The van der Waals surface area contributed by atoms with Crippen LogP contribution in [0.1, 0.15) is 33.1 Å². The van der Waals surface area contributed by atoms with Crippen molar-refractivity contribution in [1.82, 2.24) is 10.6 Å². The molecule has 1 amide bonds. The van der Waals surface area contributed by atoms with Crippen LogP contribution in [-0.4, -0.2) is 36.1 Å². The van der Waals surface area contributed by atoms with Crippen molar-refractivity contribution < 1.29 is 14.7 Å². The van der Waals surface area contributed by atoms with E-state index >= 15 is 0 Å². The normalized spacial score (nSPS) is 23.8. The van der Waals surface area contributed by atoms with Gasteiger partial charge in [-0.05, 0) is 25.3 Å². The molecule has 0 radical (unpaired) electrons. The topological polar surface area (TPSA) is 78.4 Å². The van der Waals surface area contributed by atoms with Gasteiger partial charge in [0.25, 0.3) is 0 Å². The largest absolute Gasteiger partial charge is 0.480 e. The third-order valence-corrected chi connectivity index (χ3v) is 3.44. The lowest BCUT2D eigenvalue weighted by Gasteiger charge is -2.26. The van der Waals surface area contributed by atoms with Gasteiger partial charge in [-0.15, -0.1) is 0 Å². The van der Waals surface area contributed by atoms with Gasteiger partial charge in [0.05, 0.1) is 5.92 Å². The highest BCUT2D eigenvalue weighted by molar-refractivity contribution is 5.85. The summed E-state index contributed by atoms with van der Waals surface area (Å²) in [6.45, 7) is 5.36. The number of nitrogens with one attached hydrogen (secondary N) is 2. The average molecular weight is 242 g/mol. The van der Waals surface area contributed by atoms with Crippen LogP contribution in [0.25, 0.3) is 0 Å². The van der Waals surface area contributed by atoms with Crippen LogP contribution < -0.4 is 10.6 Å². The van der Waals surface area contributed by atoms with Crippen LogP contribution in [0.3, 0.4) is 0 Å². The van der Waals surface area contributed by atoms with Crippen molar-refractivity contribution >= 4 is 11.9 Å². The van der Waals surface area contributed by atoms with E-state index in [0.717, 1.165) is 25.8 Å². The number of piperidine rings is 1. The third-order valence-electron chi connectivity index (χ3n) is 3.44. The molecule has 0 aromatic carbocycles. The summed E-state index contributed by atoms with van der Waals surface area (Å²) in [5.41, 5.74) is 0. The van der Waals surface area contributed by atoms with Crippen molar-refractivity contribution in [2.45, 2.75) is 39.2 Å². The Labute approximate surface area is 102 Å². The van der Waals surface area contributed by atoms with Crippen molar-refractivity contribution in [3.05, 3.63) is 0 Å². The number of carboxylic acids is 1. The number of hydrogen-bond donors (Lipinski definition) is 3. The Morgan fingerprint density at radius 2 is 2.24 bits per heavy atom. The molecule has 3 atom stereocenters. The average Bonchev–Trinajstić information content (AvgIpc) is 2.35. The number of carboxylic acid groups (broad SMARTS) is 1. The van der Waals surface area contributed by atoms with Crippen molar-refractivity contribution in [2.24, 2.45) is 11.8 Å². The molecule has 17 heavy (non-hydrogen) atoms. The fraction of sp³-hybridized carbons (Fsp3) is 0.833. The fourth-order valence-electron chi connectivity index (χ4n) is 2.03. The van der Waals surface area contributed by atoms with Crippen LogP contribution in [0.5, 0.6) is 0 Å². The summed E-state index contributed by atoms with van der Waals surface area (Å²) in [6.07, 6.45) is 2.55. The molecule has 0 aromatic rings. The smallest absolute Gasteiger partial charge is 0.326 e. The van der Waals surface area contributed by atoms with Crippen molar-refractivity contribution in [3.63, 3.8) is 0 Å². The van der Waals surface area contributed by atoms with Crippen LogP contribution in [0.2, 0.25) is 0 Å². The Morgan fingerprint density at radius 3 is 2.71 bits per heavy atom. The zero-order valence-electron chi connectivity index (χ0n) is 10.5. The van der Waals surface area contributed by atoms with Gasteiger partial charge in [0.2, 0.25) is 5.91 Å². The third kappa shape index (κ3) is 4.00. The lowest BCUT2D eigenvalue weighted by Crippen LogP contribution is -2.49. The molecule has 1 heterocycles. The minimum absolute atomic E-state index is 0.0481. The molecule has 0 saturated carbocycles. The summed E-state index contributed by atoms with van der Waals surface area (Å²) in [7, 11) is 0. The fourth-order valence-corrected chi connectivity index (χ4v) is 2.03. The summed E-state index contributed by atoms with van der Waals surface area (Å²) >= 11 is 0. The molecule has 0 bridgehead atoms. The second-order valence-electron chi connectivity index (χ2n) is 4.75. The van der Waals surface area contributed by atoms with Gasteiger partial charge in [-0.2, -0.15) is 0 Å². The summed E-state index contributed by atoms with van der Waals surface area (Å²) < 4.78 is 0. The molecule has 5 heteroatoms. The Hall–Kier alpha value is -1.10. The highest BCUT2D eigenvalue weighted by Gasteiger charge is 2.29. The van der Waals surface area contributed by atoms with Gasteiger partial charge in [0, 0.05) is 6.54 Å². The zero-order valence-corrected chi connectivity index (χ0v) is 10.5. The SMILES string of the molecule is CCC(C)C(NC(=O)[C@@H]1CCCNC1)C(=O)O. The second-order valence-corrected chi connectivity index (χ2v) is 4.75. The van der Waals surface area contributed by atoms with E-state index < -0.39 is 12.0 Å². The Balaban J connectivity index is 2.53. The van der Waals surface area contributed by atoms with Crippen LogP contribution in [0.4, 0.5) is 0 Å². The maximum absolute atomic E-state index is 11.9. The molecule has 1 aliphatic rings. The summed E-state index contributed by atoms with van der Waals surface area (Å²) in [5, 5.41) is 14.9. The Kier molecular flexibility index (Phi) is 5.41. The summed E-state index contributed by atoms with van der Waals surface area (Å²) in [5.74, 6) is -1.22. The van der Waals surface area contributed by atoms with Crippen LogP contribution >= 0.6 is 0 Å². The molecule has 1 aliphatic heterocycles. The number of carbonyl (C=O) groups excluding carboxylic acids is 1. The number of hydrogen-bond acceptors (Lipinski definition) is 3. The summed E-state index contributed by atoms with van der Waals surface area (Å²) in [6, 6.07) is -0.769. The van der Waals surface area contributed by atoms with Crippen LogP contribution in [-0.2, 0) is 9.59 Å². The summed E-state index contributed by atoms with van der Waals surface area (Å²) in [4.78, 5) is 23.0. The molecular formula is C12H22N2O3. The van der Waals surface area contributed by atoms with Crippen molar-refractivity contribution in [3.8, 4) is 0 Å². The first-order valence-electron chi connectivity index (χ1n) is 6.30. The predicted molar refractivity (Wildman–Crippen MR) is 64.6 cm³/mol. The van der Waals surface area contributed by atoms with Gasteiger partial charge in [-0.3, -0.25) is 4.79 Å². The molecular weight excluding hydrogens is 220 g/mol. The van der Waals surface area contributed by atoms with Crippen molar-refractivity contribution in [2.75, 3.05) is 13.1 Å². The van der Waals surface area contributed by atoms with E-state index in [-0.39, 0.29) is 17.7 Å². The highest BCUT2D eigenvalue weighted by Crippen LogP contribution is 2.13. The van der Waals surface area contributed by atoms with E-state index in [9.17, 15) is 9.59 Å². The van der Waals surface area contributed by atoms with Gasteiger partial charge in [-0.25, -0.2) is 4.79 Å². The molecule has 98 valence electrons. The lowest BCUT2D eigenvalue weighted by atomic mass is 9.95. The zero-order chi connectivity index (χ0) is 12.8. The maximum Gasteiger partial charge on any atom is 0.326 e. The minimum atomic E-state index is -0.948. The van der Waals surface area contributed by atoms with Gasteiger partial charge in [0.1, 0.15) is 6.04 Å². The highest BCUT2D eigenvalue weighted by atomic mass is 16.4. The minimum Gasteiger partial charge on any atom is -0.480 e. The van der Waals surface area contributed by atoms with Gasteiger partial charge < -0.3 is 15.7 Å². The van der Waals surface area contributed by atoms with Gasteiger partial charge >= 0.3 is 5.97 Å². The monoisotopic (exact) mass is 242 g/mol. The molecule has 3 N–H and O–H groups in total. The number of carbonyl (C=O) groups is 2. The first-order chi connectivity index (χ1) is 8.06. The molecule has 5 nitrogen and oxygen atoms in total. The maximum atomic E-state index is 11.9. The van der Waals surface area contributed by atoms with Crippen molar-refractivity contribution in [1.29, 1.82) is 0 Å². The molecule has 0 aliphatic carbocycles. The van der Waals surface area contributed by atoms with Crippen LogP contribution in [0, 0.1) is 11.8 Å².